The Kier molecular flexibility index (Phi) is 3.91. The summed E-state index contributed by atoms with van der Waals surface area (Å²) in [5.74, 6) is 1.05. The van der Waals surface area contributed by atoms with Crippen LogP contribution in [0.5, 0.6) is 0 Å². The van der Waals surface area contributed by atoms with Crippen molar-refractivity contribution in [3.05, 3.63) is 34.3 Å². The molecule has 2 nitrogen and oxygen atoms in total. The van der Waals surface area contributed by atoms with Crippen molar-refractivity contribution in [2.75, 3.05) is 19.8 Å². The summed E-state index contributed by atoms with van der Waals surface area (Å²) in [6.07, 6.45) is 0. The maximum atomic E-state index is 5.98. The molecular formula is C14H20BrNO. The van der Waals surface area contributed by atoms with Gasteiger partial charge in [-0.05, 0) is 36.1 Å². The zero-order valence-corrected chi connectivity index (χ0v) is 12.0. The van der Waals surface area contributed by atoms with Gasteiger partial charge >= 0.3 is 0 Å². The van der Waals surface area contributed by atoms with E-state index in [1.165, 1.54) is 5.56 Å². The maximum absolute atomic E-state index is 5.98. The van der Waals surface area contributed by atoms with E-state index < -0.39 is 0 Å². The summed E-state index contributed by atoms with van der Waals surface area (Å²) in [7, 11) is 0. The van der Waals surface area contributed by atoms with Gasteiger partial charge in [0.1, 0.15) is 0 Å². The Bertz CT molecular complexity index is 388. The van der Waals surface area contributed by atoms with Crippen molar-refractivity contribution in [3.8, 4) is 0 Å². The van der Waals surface area contributed by atoms with Crippen molar-refractivity contribution < 1.29 is 4.74 Å². The predicted molar refractivity (Wildman–Crippen MR) is 74.0 cm³/mol. The number of nitrogens with two attached hydrogens (primary N) is 1. The fourth-order valence-corrected chi connectivity index (χ4v) is 3.25. The molecule has 0 amide bonds. The minimum absolute atomic E-state index is 0.118. The summed E-state index contributed by atoms with van der Waals surface area (Å²) in [5.41, 5.74) is 7.44. The lowest BCUT2D eigenvalue weighted by molar-refractivity contribution is -0.0982. The van der Waals surface area contributed by atoms with Crippen molar-refractivity contribution in [2.24, 2.45) is 17.6 Å². The average molecular weight is 298 g/mol. The van der Waals surface area contributed by atoms with Gasteiger partial charge in [0.05, 0.1) is 13.2 Å². The van der Waals surface area contributed by atoms with Crippen LogP contribution in [0, 0.1) is 11.8 Å². The molecule has 1 fully saturated rings. The van der Waals surface area contributed by atoms with Gasteiger partial charge in [0, 0.05) is 9.89 Å². The van der Waals surface area contributed by atoms with Crippen molar-refractivity contribution >= 4 is 15.9 Å². The Morgan fingerprint density at radius 2 is 2.12 bits per heavy atom. The quantitative estimate of drug-likeness (QED) is 0.927. The van der Waals surface area contributed by atoms with E-state index in [1.54, 1.807) is 0 Å². The predicted octanol–water partition coefficient (Wildman–Crippen LogP) is 2.95. The second-order valence-electron chi connectivity index (χ2n) is 5.25. The Labute approximate surface area is 112 Å². The van der Waals surface area contributed by atoms with Crippen LogP contribution in [0.3, 0.4) is 0 Å². The van der Waals surface area contributed by atoms with Gasteiger partial charge in [-0.2, -0.15) is 0 Å². The van der Waals surface area contributed by atoms with Gasteiger partial charge in [-0.25, -0.2) is 0 Å². The Balaban J connectivity index is 2.37. The zero-order valence-electron chi connectivity index (χ0n) is 10.4. The monoisotopic (exact) mass is 297 g/mol. The van der Waals surface area contributed by atoms with Gasteiger partial charge in [-0.15, -0.1) is 0 Å². The van der Waals surface area contributed by atoms with Crippen LogP contribution in [0.25, 0.3) is 0 Å². The van der Waals surface area contributed by atoms with Crippen LogP contribution in [0.2, 0.25) is 0 Å². The van der Waals surface area contributed by atoms with Gasteiger partial charge in [-0.3, -0.25) is 0 Å². The number of ether oxygens (including phenoxy) is 1. The summed E-state index contributed by atoms with van der Waals surface area (Å²) < 4.78 is 6.62. The summed E-state index contributed by atoms with van der Waals surface area (Å²) in [6, 6.07) is 8.54. The first-order valence-electron chi connectivity index (χ1n) is 6.14. The van der Waals surface area contributed by atoms with Crippen molar-refractivity contribution in [1.29, 1.82) is 0 Å². The third-order valence-electron chi connectivity index (χ3n) is 3.89. The number of rotatable bonds is 4. The number of hydrogen-bond acceptors (Lipinski definition) is 2. The molecule has 2 N–H and O–H groups in total. The van der Waals surface area contributed by atoms with Gasteiger partial charge in [0.2, 0.25) is 0 Å². The van der Waals surface area contributed by atoms with E-state index in [0.717, 1.165) is 17.7 Å². The molecule has 1 aromatic rings. The molecule has 1 atom stereocenters. The van der Waals surface area contributed by atoms with E-state index >= 15 is 0 Å². The van der Waals surface area contributed by atoms with Crippen molar-refractivity contribution in [3.63, 3.8) is 0 Å². The first-order valence-corrected chi connectivity index (χ1v) is 6.93. The molecule has 1 aliphatic heterocycles. The summed E-state index contributed by atoms with van der Waals surface area (Å²) in [4.78, 5) is 0. The molecule has 1 aliphatic rings. The lowest BCUT2D eigenvalue weighted by Crippen LogP contribution is -2.56. The van der Waals surface area contributed by atoms with Crippen LogP contribution in [-0.4, -0.2) is 19.8 Å². The van der Waals surface area contributed by atoms with E-state index in [0.29, 0.717) is 18.4 Å². The first-order chi connectivity index (χ1) is 8.10. The molecule has 0 aliphatic carbocycles. The first kappa shape index (κ1) is 13.1. The fourth-order valence-electron chi connectivity index (χ4n) is 2.85. The van der Waals surface area contributed by atoms with Gasteiger partial charge in [0.25, 0.3) is 0 Å². The van der Waals surface area contributed by atoms with Crippen LogP contribution in [0.15, 0.2) is 28.7 Å². The van der Waals surface area contributed by atoms with Crippen molar-refractivity contribution in [2.45, 2.75) is 19.3 Å². The Hall–Kier alpha value is -0.380. The molecule has 1 aromatic carbocycles. The second kappa shape index (κ2) is 5.09. The van der Waals surface area contributed by atoms with Crippen LogP contribution in [0.1, 0.15) is 19.4 Å². The Morgan fingerprint density at radius 3 is 2.53 bits per heavy atom. The third kappa shape index (κ3) is 2.28. The van der Waals surface area contributed by atoms with E-state index in [4.69, 9.17) is 10.5 Å². The largest absolute Gasteiger partial charge is 0.379 e. The molecule has 0 radical (unpaired) electrons. The van der Waals surface area contributed by atoms with Gasteiger partial charge in [-0.1, -0.05) is 41.9 Å². The minimum Gasteiger partial charge on any atom is -0.379 e. The number of hydrogen-bond donors (Lipinski definition) is 1. The van der Waals surface area contributed by atoms with Crippen LogP contribution in [-0.2, 0) is 10.2 Å². The molecule has 0 spiro atoms. The SMILES string of the molecule is CC(C)C(CN)C1(c2cccc(Br)c2)COC1. The smallest absolute Gasteiger partial charge is 0.0588 e. The molecule has 3 heteroatoms. The number of benzene rings is 1. The van der Waals surface area contributed by atoms with Gasteiger partial charge < -0.3 is 10.5 Å². The Morgan fingerprint density at radius 1 is 1.41 bits per heavy atom. The van der Waals surface area contributed by atoms with Crippen LogP contribution < -0.4 is 5.73 Å². The minimum atomic E-state index is 0.118. The highest BCUT2D eigenvalue weighted by Gasteiger charge is 2.47. The maximum Gasteiger partial charge on any atom is 0.0588 e. The second-order valence-corrected chi connectivity index (χ2v) is 6.16. The topological polar surface area (TPSA) is 35.2 Å². The van der Waals surface area contributed by atoms with E-state index in [9.17, 15) is 0 Å². The zero-order chi connectivity index (χ0) is 12.5. The standard InChI is InChI=1S/C14H20BrNO/c1-10(2)13(7-16)14(8-17-9-14)11-4-3-5-12(15)6-11/h3-6,10,13H,7-9,16H2,1-2H3. The lowest BCUT2D eigenvalue weighted by atomic mass is 9.65. The number of halogens is 1. The fraction of sp³-hybridized carbons (Fsp3) is 0.571. The molecule has 1 saturated heterocycles. The van der Waals surface area contributed by atoms with Crippen LogP contribution >= 0.6 is 15.9 Å². The molecule has 1 unspecified atom stereocenters. The molecule has 1 heterocycles. The molecule has 0 bridgehead atoms. The summed E-state index contributed by atoms with van der Waals surface area (Å²) in [5, 5.41) is 0. The van der Waals surface area contributed by atoms with E-state index in [1.807, 2.05) is 0 Å². The molecular weight excluding hydrogens is 278 g/mol. The third-order valence-corrected chi connectivity index (χ3v) is 4.38. The lowest BCUT2D eigenvalue weighted by Gasteiger charge is -2.49. The summed E-state index contributed by atoms with van der Waals surface area (Å²) >= 11 is 3.54. The highest BCUT2D eigenvalue weighted by atomic mass is 79.9. The van der Waals surface area contributed by atoms with E-state index in [2.05, 4.69) is 54.0 Å². The molecule has 17 heavy (non-hydrogen) atoms. The highest BCUT2D eigenvalue weighted by Crippen LogP contribution is 2.43. The molecule has 94 valence electrons. The summed E-state index contributed by atoms with van der Waals surface area (Å²) in [6.45, 7) is 6.80. The molecule has 2 rings (SSSR count). The molecule has 0 saturated carbocycles. The normalized spacial score (nSPS) is 20.1. The highest BCUT2D eigenvalue weighted by molar-refractivity contribution is 9.10. The van der Waals surface area contributed by atoms with Gasteiger partial charge in [0.15, 0.2) is 0 Å². The van der Waals surface area contributed by atoms with E-state index in [-0.39, 0.29) is 5.41 Å². The van der Waals surface area contributed by atoms with Crippen molar-refractivity contribution in [1.82, 2.24) is 0 Å². The average Bonchev–Trinajstić information content (AvgIpc) is 2.22. The molecule has 0 aromatic heterocycles. The van der Waals surface area contributed by atoms with Crippen LogP contribution in [0.4, 0.5) is 0 Å².